The molecule has 20 heavy (non-hydrogen) atoms. The minimum Gasteiger partial charge on any atom is -0.493 e. The molecule has 1 aromatic carbocycles. The molecule has 1 atom stereocenters. The molecule has 1 rings (SSSR count). The van der Waals surface area contributed by atoms with Crippen LogP contribution in [0.4, 0.5) is 11.4 Å². The topological polar surface area (TPSA) is 93.9 Å². The zero-order chi connectivity index (χ0) is 15.1. The Labute approximate surface area is 117 Å². The number of rotatable bonds is 8. The summed E-state index contributed by atoms with van der Waals surface area (Å²) < 4.78 is 10.2. The van der Waals surface area contributed by atoms with E-state index in [0.29, 0.717) is 30.2 Å². The van der Waals surface area contributed by atoms with Crippen molar-refractivity contribution in [2.45, 2.75) is 13.3 Å². The molecule has 7 nitrogen and oxygen atoms in total. The molecule has 0 amide bonds. The average molecular weight is 284 g/mol. The van der Waals surface area contributed by atoms with E-state index in [1.54, 1.807) is 6.07 Å². The molecule has 0 saturated heterocycles. The minimum absolute atomic E-state index is 0.0705. The van der Waals surface area contributed by atoms with Gasteiger partial charge in [0, 0.05) is 19.2 Å². The summed E-state index contributed by atoms with van der Waals surface area (Å²) in [5.41, 5.74) is 0.302. The van der Waals surface area contributed by atoms with Crippen molar-refractivity contribution < 1.29 is 19.5 Å². The second-order valence-electron chi connectivity index (χ2n) is 4.48. The third-order valence-electron chi connectivity index (χ3n) is 2.96. The Bertz CT molecular complexity index is 464. The lowest BCUT2D eigenvalue weighted by Crippen LogP contribution is -2.13. The predicted octanol–water partition coefficient (Wildman–Crippen LogP) is 2.04. The van der Waals surface area contributed by atoms with Gasteiger partial charge in [-0.25, -0.2) is 0 Å². The van der Waals surface area contributed by atoms with Crippen LogP contribution in [0.25, 0.3) is 0 Å². The van der Waals surface area contributed by atoms with Gasteiger partial charge in [0.25, 0.3) is 5.69 Å². The highest BCUT2D eigenvalue weighted by molar-refractivity contribution is 5.68. The molecule has 1 aromatic rings. The summed E-state index contributed by atoms with van der Waals surface area (Å²) >= 11 is 0. The minimum atomic E-state index is -0.471. The summed E-state index contributed by atoms with van der Waals surface area (Å²) in [6.07, 6.45) is 0.633. The summed E-state index contributed by atoms with van der Waals surface area (Å²) in [6.45, 7) is 2.57. The molecule has 0 aliphatic rings. The van der Waals surface area contributed by atoms with Crippen molar-refractivity contribution >= 4 is 11.4 Å². The van der Waals surface area contributed by atoms with Crippen LogP contribution in [-0.4, -0.2) is 37.4 Å². The molecule has 0 aromatic heterocycles. The molecular formula is C13H20N2O5. The second-order valence-corrected chi connectivity index (χ2v) is 4.48. The number of nitrogens with zero attached hydrogens (tertiary/aromatic N) is 1. The number of aliphatic hydroxyl groups excluding tert-OH is 1. The Hall–Kier alpha value is -2.02. The summed E-state index contributed by atoms with van der Waals surface area (Å²) in [5.74, 6) is 0.941. The molecule has 0 bridgehead atoms. The Kier molecular flexibility index (Phi) is 6.05. The van der Waals surface area contributed by atoms with Gasteiger partial charge in [0.05, 0.1) is 25.2 Å². The van der Waals surface area contributed by atoms with E-state index < -0.39 is 4.92 Å². The molecule has 2 N–H and O–H groups in total. The van der Waals surface area contributed by atoms with Gasteiger partial charge >= 0.3 is 0 Å². The van der Waals surface area contributed by atoms with E-state index in [4.69, 9.17) is 14.6 Å². The summed E-state index contributed by atoms with van der Waals surface area (Å²) in [4.78, 5) is 10.6. The van der Waals surface area contributed by atoms with Crippen molar-refractivity contribution in [3.8, 4) is 11.5 Å². The van der Waals surface area contributed by atoms with Crippen molar-refractivity contribution in [2.24, 2.45) is 5.92 Å². The highest BCUT2D eigenvalue weighted by Crippen LogP contribution is 2.37. The van der Waals surface area contributed by atoms with Crippen LogP contribution < -0.4 is 14.8 Å². The van der Waals surface area contributed by atoms with Crippen LogP contribution in [0.15, 0.2) is 12.1 Å². The highest BCUT2D eigenvalue weighted by atomic mass is 16.6. The molecular weight excluding hydrogens is 264 g/mol. The van der Waals surface area contributed by atoms with Crippen molar-refractivity contribution in [1.82, 2.24) is 0 Å². The molecule has 0 heterocycles. The lowest BCUT2D eigenvalue weighted by atomic mass is 10.1. The third-order valence-corrected chi connectivity index (χ3v) is 2.96. The van der Waals surface area contributed by atoms with Gasteiger partial charge in [0.15, 0.2) is 11.5 Å². The molecule has 0 radical (unpaired) electrons. The van der Waals surface area contributed by atoms with Gasteiger partial charge in [0.2, 0.25) is 0 Å². The standard InChI is InChI=1S/C13H20N2O5/c1-9(4-5-16)8-14-10-6-12(19-2)13(20-3)7-11(10)15(17)18/h6-7,9,14,16H,4-5,8H2,1-3H3. The lowest BCUT2D eigenvalue weighted by molar-refractivity contribution is -0.384. The Balaban J connectivity index is 3.00. The number of aliphatic hydroxyl groups is 1. The van der Waals surface area contributed by atoms with E-state index in [0.717, 1.165) is 0 Å². The van der Waals surface area contributed by atoms with Gasteiger partial charge in [-0.05, 0) is 12.3 Å². The molecule has 0 saturated carbocycles. The normalized spacial score (nSPS) is 11.8. The number of methoxy groups -OCH3 is 2. The smallest absolute Gasteiger partial charge is 0.296 e. The Morgan fingerprint density at radius 2 is 1.95 bits per heavy atom. The SMILES string of the molecule is COc1cc(NCC(C)CCO)c([N+](=O)[O-])cc1OC. The van der Waals surface area contributed by atoms with Gasteiger partial charge in [-0.1, -0.05) is 6.92 Å². The van der Waals surface area contributed by atoms with Gasteiger partial charge in [-0.3, -0.25) is 10.1 Å². The van der Waals surface area contributed by atoms with Gasteiger partial charge in [-0.2, -0.15) is 0 Å². The summed E-state index contributed by atoms with van der Waals surface area (Å²) in [6, 6.07) is 2.88. The van der Waals surface area contributed by atoms with E-state index >= 15 is 0 Å². The number of nitro benzene ring substituents is 1. The molecule has 7 heteroatoms. The van der Waals surface area contributed by atoms with Gasteiger partial charge in [-0.15, -0.1) is 0 Å². The van der Waals surface area contributed by atoms with Crippen molar-refractivity contribution in [3.05, 3.63) is 22.2 Å². The molecule has 0 aliphatic heterocycles. The van der Waals surface area contributed by atoms with Crippen molar-refractivity contribution in [3.63, 3.8) is 0 Å². The van der Waals surface area contributed by atoms with E-state index in [1.807, 2.05) is 6.92 Å². The largest absolute Gasteiger partial charge is 0.493 e. The molecule has 112 valence electrons. The maximum atomic E-state index is 11.1. The first-order chi connectivity index (χ1) is 9.53. The number of nitro groups is 1. The first-order valence-corrected chi connectivity index (χ1v) is 6.28. The van der Waals surface area contributed by atoms with E-state index in [2.05, 4.69) is 5.32 Å². The first-order valence-electron chi connectivity index (χ1n) is 6.28. The van der Waals surface area contributed by atoms with Crippen LogP contribution in [0.1, 0.15) is 13.3 Å². The average Bonchev–Trinajstić information content (AvgIpc) is 2.44. The quantitative estimate of drug-likeness (QED) is 0.560. The third kappa shape index (κ3) is 3.99. The van der Waals surface area contributed by atoms with Gasteiger partial charge < -0.3 is 19.9 Å². The van der Waals surface area contributed by atoms with Crippen LogP contribution in [0, 0.1) is 16.0 Å². The van der Waals surface area contributed by atoms with E-state index in [1.165, 1.54) is 20.3 Å². The van der Waals surface area contributed by atoms with Crippen LogP contribution in [-0.2, 0) is 0 Å². The fourth-order valence-corrected chi connectivity index (χ4v) is 1.77. The van der Waals surface area contributed by atoms with Gasteiger partial charge in [0.1, 0.15) is 5.69 Å². The Morgan fingerprint density at radius 1 is 1.35 bits per heavy atom. The number of ether oxygens (including phenoxy) is 2. The summed E-state index contributed by atoms with van der Waals surface area (Å²) in [7, 11) is 2.90. The number of benzene rings is 1. The first kappa shape index (κ1) is 16.0. The van der Waals surface area contributed by atoms with Crippen LogP contribution >= 0.6 is 0 Å². The number of nitrogens with one attached hydrogen (secondary N) is 1. The van der Waals surface area contributed by atoms with E-state index in [9.17, 15) is 10.1 Å². The monoisotopic (exact) mass is 284 g/mol. The maximum Gasteiger partial charge on any atom is 0.296 e. The maximum absolute atomic E-state index is 11.1. The Morgan fingerprint density at radius 3 is 2.45 bits per heavy atom. The number of hydrogen-bond acceptors (Lipinski definition) is 6. The zero-order valence-corrected chi connectivity index (χ0v) is 11.9. The van der Waals surface area contributed by atoms with Crippen molar-refractivity contribution in [1.29, 1.82) is 0 Å². The molecule has 0 aliphatic carbocycles. The highest BCUT2D eigenvalue weighted by Gasteiger charge is 2.19. The molecule has 0 fully saturated rings. The fraction of sp³-hybridized carbons (Fsp3) is 0.538. The van der Waals surface area contributed by atoms with Crippen LogP contribution in [0.3, 0.4) is 0 Å². The number of anilines is 1. The fourth-order valence-electron chi connectivity index (χ4n) is 1.77. The molecule has 0 spiro atoms. The van der Waals surface area contributed by atoms with E-state index in [-0.39, 0.29) is 18.2 Å². The summed E-state index contributed by atoms with van der Waals surface area (Å²) in [5, 5.41) is 23.0. The molecule has 1 unspecified atom stereocenters. The number of hydrogen-bond donors (Lipinski definition) is 2. The predicted molar refractivity (Wildman–Crippen MR) is 75.6 cm³/mol. The lowest BCUT2D eigenvalue weighted by Gasteiger charge is -2.14. The zero-order valence-electron chi connectivity index (χ0n) is 11.9. The van der Waals surface area contributed by atoms with Crippen LogP contribution in [0.2, 0.25) is 0 Å². The second kappa shape index (κ2) is 7.54. The van der Waals surface area contributed by atoms with Crippen LogP contribution in [0.5, 0.6) is 11.5 Å². The van der Waals surface area contributed by atoms with Crippen molar-refractivity contribution in [2.75, 3.05) is 32.7 Å².